The van der Waals surface area contributed by atoms with E-state index in [-0.39, 0.29) is 5.84 Å². The van der Waals surface area contributed by atoms with Gasteiger partial charge in [0.15, 0.2) is 0 Å². The lowest BCUT2D eigenvalue weighted by Crippen LogP contribution is -2.49. The van der Waals surface area contributed by atoms with E-state index < -0.39 is 22.3 Å². The van der Waals surface area contributed by atoms with Crippen LogP contribution < -0.4 is 10.5 Å². The lowest BCUT2D eigenvalue weighted by Gasteiger charge is -2.22. The fraction of sp³-hybridized carbons (Fsp3) is 0.667. The maximum Gasteiger partial charge on any atom is 0.421 e. The summed E-state index contributed by atoms with van der Waals surface area (Å²) >= 11 is 0. The van der Waals surface area contributed by atoms with Crippen molar-refractivity contribution in [1.82, 2.24) is 9.03 Å². The minimum atomic E-state index is -4.03. The van der Waals surface area contributed by atoms with Gasteiger partial charge in [-0.2, -0.15) is 12.7 Å². The number of carbonyl (C=O) groups is 1. The second-order valence-corrected chi connectivity index (χ2v) is 4.48. The standard InChI is InChI=1S/C6H14N4O4S/c1-4(5(7)8)10(2)15(12,13)9-6(11)14-3/h4H,1-3H3,(H3,7,8)(H,9,11). The summed E-state index contributed by atoms with van der Waals surface area (Å²) in [5, 5.41) is 7.07. The van der Waals surface area contributed by atoms with E-state index in [0.29, 0.717) is 0 Å². The van der Waals surface area contributed by atoms with Crippen LogP contribution in [0.5, 0.6) is 0 Å². The Morgan fingerprint density at radius 3 is 2.40 bits per heavy atom. The lowest BCUT2D eigenvalue weighted by atomic mass is 10.3. The maximum atomic E-state index is 11.4. The van der Waals surface area contributed by atoms with E-state index in [1.807, 2.05) is 0 Å². The van der Waals surface area contributed by atoms with Gasteiger partial charge in [0.1, 0.15) is 5.84 Å². The highest BCUT2D eigenvalue weighted by Gasteiger charge is 2.26. The Kier molecular flexibility index (Phi) is 4.49. The number of nitrogens with two attached hydrogens (primary N) is 1. The van der Waals surface area contributed by atoms with Crippen LogP contribution in [0.3, 0.4) is 0 Å². The van der Waals surface area contributed by atoms with Gasteiger partial charge in [-0.1, -0.05) is 0 Å². The van der Waals surface area contributed by atoms with Gasteiger partial charge in [-0.25, -0.2) is 9.52 Å². The second-order valence-electron chi connectivity index (χ2n) is 2.75. The van der Waals surface area contributed by atoms with Crippen molar-refractivity contribution < 1.29 is 17.9 Å². The van der Waals surface area contributed by atoms with E-state index in [2.05, 4.69) is 4.74 Å². The summed E-state index contributed by atoms with van der Waals surface area (Å²) in [5.74, 6) is -0.326. The number of nitrogens with zero attached hydrogens (tertiary/aromatic N) is 1. The third-order valence-electron chi connectivity index (χ3n) is 1.77. The minimum absolute atomic E-state index is 0.326. The van der Waals surface area contributed by atoms with Crippen LogP contribution in [-0.4, -0.2) is 44.9 Å². The van der Waals surface area contributed by atoms with E-state index >= 15 is 0 Å². The molecule has 9 heteroatoms. The fourth-order valence-electron chi connectivity index (χ4n) is 0.623. The average molecular weight is 238 g/mol. The van der Waals surface area contributed by atoms with E-state index in [0.717, 1.165) is 11.4 Å². The molecule has 1 unspecified atom stereocenters. The molecular weight excluding hydrogens is 224 g/mol. The molecule has 0 aliphatic rings. The highest BCUT2D eigenvalue weighted by molar-refractivity contribution is 7.87. The first-order valence-electron chi connectivity index (χ1n) is 3.90. The van der Waals surface area contributed by atoms with Crippen LogP contribution in [-0.2, 0) is 14.9 Å². The summed E-state index contributed by atoms with van der Waals surface area (Å²) in [5.41, 5.74) is 5.13. The lowest BCUT2D eigenvalue weighted by molar-refractivity contribution is 0.177. The predicted molar refractivity (Wildman–Crippen MR) is 53.6 cm³/mol. The van der Waals surface area contributed by atoms with Crippen molar-refractivity contribution in [3.63, 3.8) is 0 Å². The first-order valence-corrected chi connectivity index (χ1v) is 5.34. The van der Waals surface area contributed by atoms with Crippen molar-refractivity contribution >= 4 is 22.1 Å². The van der Waals surface area contributed by atoms with Crippen molar-refractivity contribution in [3.05, 3.63) is 0 Å². The minimum Gasteiger partial charge on any atom is -0.452 e. The van der Waals surface area contributed by atoms with Crippen molar-refractivity contribution in [2.24, 2.45) is 5.73 Å². The molecular formula is C6H14N4O4S. The van der Waals surface area contributed by atoms with Crippen molar-refractivity contribution in [1.29, 1.82) is 5.41 Å². The monoisotopic (exact) mass is 238 g/mol. The van der Waals surface area contributed by atoms with Crippen LogP contribution in [0.4, 0.5) is 4.79 Å². The van der Waals surface area contributed by atoms with Crippen molar-refractivity contribution in [2.45, 2.75) is 13.0 Å². The summed E-state index contributed by atoms with van der Waals surface area (Å²) in [7, 11) is -1.80. The van der Waals surface area contributed by atoms with Gasteiger partial charge < -0.3 is 10.5 Å². The maximum absolute atomic E-state index is 11.4. The molecule has 0 aliphatic heterocycles. The van der Waals surface area contributed by atoms with Crippen molar-refractivity contribution in [2.75, 3.05) is 14.2 Å². The van der Waals surface area contributed by atoms with E-state index in [1.54, 1.807) is 4.72 Å². The molecule has 0 radical (unpaired) electrons. The quantitative estimate of drug-likeness (QED) is 0.421. The molecule has 0 spiro atoms. The molecule has 1 amide bonds. The fourth-order valence-corrected chi connectivity index (χ4v) is 1.59. The van der Waals surface area contributed by atoms with Gasteiger partial charge in [0.25, 0.3) is 0 Å². The van der Waals surface area contributed by atoms with E-state index in [9.17, 15) is 13.2 Å². The molecule has 0 aromatic rings. The number of methoxy groups -OCH3 is 1. The summed E-state index contributed by atoms with van der Waals surface area (Å²) in [6.45, 7) is 1.42. The number of hydrogen-bond donors (Lipinski definition) is 3. The number of nitrogens with one attached hydrogen (secondary N) is 2. The summed E-state index contributed by atoms with van der Waals surface area (Å²) in [6, 6.07) is -0.841. The summed E-state index contributed by atoms with van der Waals surface area (Å²) < 4.78 is 29.3. The Hall–Kier alpha value is -1.35. The molecule has 0 saturated heterocycles. The first kappa shape index (κ1) is 13.7. The number of amidine groups is 1. The number of rotatable bonds is 4. The number of likely N-dealkylation sites (N-methyl/N-ethyl adjacent to an activating group) is 1. The topological polar surface area (TPSA) is 126 Å². The zero-order valence-electron chi connectivity index (χ0n) is 8.64. The van der Waals surface area contributed by atoms with Gasteiger partial charge in [-0.15, -0.1) is 0 Å². The van der Waals surface area contributed by atoms with Gasteiger partial charge >= 0.3 is 16.3 Å². The normalized spacial score (nSPS) is 13.3. The van der Waals surface area contributed by atoms with Crippen LogP contribution in [0.2, 0.25) is 0 Å². The molecule has 8 nitrogen and oxygen atoms in total. The smallest absolute Gasteiger partial charge is 0.421 e. The molecule has 4 N–H and O–H groups in total. The molecule has 0 heterocycles. The molecule has 0 aliphatic carbocycles. The van der Waals surface area contributed by atoms with Gasteiger partial charge in [0.2, 0.25) is 0 Å². The van der Waals surface area contributed by atoms with Gasteiger partial charge in [-0.3, -0.25) is 5.41 Å². The van der Waals surface area contributed by atoms with Crippen LogP contribution in [0.1, 0.15) is 6.92 Å². The van der Waals surface area contributed by atoms with Crippen LogP contribution in [0.25, 0.3) is 0 Å². The third kappa shape index (κ3) is 3.72. The number of carbonyl (C=O) groups excluding carboxylic acids is 1. The highest BCUT2D eigenvalue weighted by atomic mass is 32.2. The number of hydrogen-bond acceptors (Lipinski definition) is 5. The molecule has 88 valence electrons. The highest BCUT2D eigenvalue weighted by Crippen LogP contribution is 2.01. The largest absolute Gasteiger partial charge is 0.452 e. The summed E-state index contributed by atoms with van der Waals surface area (Å²) in [6.07, 6.45) is -1.10. The Morgan fingerprint density at radius 2 is 2.07 bits per heavy atom. The Balaban J connectivity index is 4.74. The van der Waals surface area contributed by atoms with Crippen molar-refractivity contribution in [3.8, 4) is 0 Å². The van der Waals surface area contributed by atoms with Gasteiger partial charge in [-0.05, 0) is 6.92 Å². The van der Waals surface area contributed by atoms with Gasteiger partial charge in [0, 0.05) is 7.05 Å². The number of amides is 1. The van der Waals surface area contributed by atoms with Crippen LogP contribution in [0, 0.1) is 5.41 Å². The molecule has 0 rings (SSSR count). The molecule has 0 aromatic heterocycles. The number of ether oxygens (including phenoxy) is 1. The molecule has 0 saturated carbocycles. The Bertz CT molecular complexity index is 352. The molecule has 1 atom stereocenters. The Morgan fingerprint density at radius 1 is 1.60 bits per heavy atom. The van der Waals surface area contributed by atoms with E-state index in [1.165, 1.54) is 14.0 Å². The molecule has 15 heavy (non-hydrogen) atoms. The van der Waals surface area contributed by atoms with Gasteiger partial charge in [0.05, 0.1) is 13.2 Å². The van der Waals surface area contributed by atoms with Crippen LogP contribution in [0.15, 0.2) is 0 Å². The molecule has 0 fully saturated rings. The summed E-state index contributed by atoms with van der Waals surface area (Å²) in [4.78, 5) is 10.7. The molecule has 0 bridgehead atoms. The zero-order valence-corrected chi connectivity index (χ0v) is 9.46. The predicted octanol–water partition coefficient (Wildman–Crippen LogP) is -1.16. The SMILES string of the molecule is COC(=O)NS(=O)(=O)N(C)C(C)C(=N)N. The molecule has 0 aromatic carbocycles. The third-order valence-corrected chi connectivity index (χ3v) is 3.27. The average Bonchev–Trinajstić information content (AvgIpc) is 2.14. The Labute approximate surface area is 88.1 Å². The van der Waals surface area contributed by atoms with Crippen LogP contribution >= 0.6 is 0 Å². The first-order chi connectivity index (χ1) is 6.72. The second kappa shape index (κ2) is 4.94. The van der Waals surface area contributed by atoms with E-state index in [4.69, 9.17) is 11.1 Å². The zero-order chi connectivity index (χ0) is 12.2.